The molecule has 3 fully saturated rings. The molecule has 1 aromatic rings. The lowest BCUT2D eigenvalue weighted by atomic mass is 9.88. The Morgan fingerprint density at radius 1 is 1.30 bits per heavy atom. The minimum absolute atomic E-state index is 0.0163. The number of likely N-dealkylation sites (tertiary alicyclic amines) is 1. The van der Waals surface area contributed by atoms with Gasteiger partial charge in [-0.2, -0.15) is 0 Å². The van der Waals surface area contributed by atoms with Crippen LogP contribution in [0.3, 0.4) is 0 Å². The summed E-state index contributed by atoms with van der Waals surface area (Å²) in [6.07, 6.45) is 2.21. The second kappa shape index (κ2) is 7.56. The van der Waals surface area contributed by atoms with E-state index in [4.69, 9.17) is 9.47 Å². The van der Waals surface area contributed by atoms with Crippen LogP contribution in [-0.4, -0.2) is 66.7 Å². The Balaban J connectivity index is 1.37. The fourth-order valence-corrected chi connectivity index (χ4v) is 4.21. The maximum Gasteiger partial charge on any atom is 0.248 e. The topological polar surface area (TPSA) is 59.1 Å². The molecule has 27 heavy (non-hydrogen) atoms. The van der Waals surface area contributed by atoms with Gasteiger partial charge in [0.05, 0.1) is 24.7 Å². The zero-order valence-electron chi connectivity index (χ0n) is 15.4. The summed E-state index contributed by atoms with van der Waals surface area (Å²) >= 11 is 0. The van der Waals surface area contributed by atoms with E-state index in [1.54, 1.807) is 11.0 Å². The Labute approximate surface area is 158 Å². The predicted molar refractivity (Wildman–Crippen MR) is 95.2 cm³/mol. The largest absolute Gasteiger partial charge is 0.381 e. The molecule has 1 unspecified atom stereocenters. The number of amides is 2. The molecule has 2 amide bonds. The first-order valence-corrected chi connectivity index (χ1v) is 9.57. The average Bonchev–Trinajstić information content (AvgIpc) is 3.20. The van der Waals surface area contributed by atoms with E-state index in [0.29, 0.717) is 52.2 Å². The molecule has 3 heterocycles. The maximum atomic E-state index is 13.4. The summed E-state index contributed by atoms with van der Waals surface area (Å²) in [7, 11) is 0. The van der Waals surface area contributed by atoms with Crippen molar-refractivity contribution in [2.75, 3.05) is 39.5 Å². The summed E-state index contributed by atoms with van der Waals surface area (Å²) in [5.41, 5.74) is 0.360. The van der Waals surface area contributed by atoms with Crippen molar-refractivity contribution in [2.45, 2.75) is 31.4 Å². The number of nitrogens with zero attached hydrogens (tertiary/aromatic N) is 2. The highest BCUT2D eigenvalue weighted by Crippen LogP contribution is 2.32. The molecule has 0 N–H and O–H groups in total. The number of ether oxygens (including phenoxy) is 2. The van der Waals surface area contributed by atoms with Crippen LogP contribution >= 0.6 is 0 Å². The molecule has 0 aromatic heterocycles. The first-order chi connectivity index (χ1) is 13.0. The molecule has 1 atom stereocenters. The normalized spacial score (nSPS) is 25.2. The van der Waals surface area contributed by atoms with Crippen LogP contribution in [0.1, 0.15) is 24.8 Å². The molecule has 1 spiro atoms. The van der Waals surface area contributed by atoms with Gasteiger partial charge in [0.2, 0.25) is 11.8 Å². The highest BCUT2D eigenvalue weighted by molar-refractivity contribution is 5.80. The summed E-state index contributed by atoms with van der Waals surface area (Å²) in [6, 6.07) is 6.33. The van der Waals surface area contributed by atoms with Gasteiger partial charge < -0.3 is 19.3 Å². The van der Waals surface area contributed by atoms with E-state index in [0.717, 1.165) is 12.0 Å². The van der Waals surface area contributed by atoms with Gasteiger partial charge in [0.25, 0.3) is 0 Å². The van der Waals surface area contributed by atoms with E-state index in [2.05, 4.69) is 0 Å². The first-order valence-electron chi connectivity index (χ1n) is 9.57. The van der Waals surface area contributed by atoms with Crippen LogP contribution < -0.4 is 0 Å². The SMILES string of the molecule is O=C1COC2(CCN(C(=O)C3CCOC3)CC2)CN1Cc1cccc(F)c1. The molecule has 3 saturated heterocycles. The Bertz CT molecular complexity index is 712. The number of benzene rings is 1. The number of piperidine rings is 1. The van der Waals surface area contributed by atoms with E-state index in [9.17, 15) is 14.0 Å². The van der Waals surface area contributed by atoms with Crippen LogP contribution in [-0.2, 0) is 25.6 Å². The van der Waals surface area contributed by atoms with Crippen molar-refractivity contribution in [3.8, 4) is 0 Å². The van der Waals surface area contributed by atoms with Gasteiger partial charge in [-0.1, -0.05) is 12.1 Å². The number of carbonyl (C=O) groups excluding carboxylic acids is 2. The van der Waals surface area contributed by atoms with Crippen molar-refractivity contribution in [3.63, 3.8) is 0 Å². The Morgan fingerprint density at radius 3 is 2.81 bits per heavy atom. The number of hydrogen-bond acceptors (Lipinski definition) is 4. The highest BCUT2D eigenvalue weighted by atomic mass is 19.1. The molecule has 146 valence electrons. The maximum absolute atomic E-state index is 13.4. The second-order valence-electron chi connectivity index (χ2n) is 7.74. The van der Waals surface area contributed by atoms with E-state index < -0.39 is 5.60 Å². The summed E-state index contributed by atoms with van der Waals surface area (Å²) in [6.45, 7) is 3.36. The number of carbonyl (C=O) groups is 2. The third kappa shape index (κ3) is 3.99. The van der Waals surface area contributed by atoms with Crippen LogP contribution in [0.5, 0.6) is 0 Å². The number of hydrogen-bond donors (Lipinski definition) is 0. The highest BCUT2D eigenvalue weighted by Gasteiger charge is 2.43. The minimum atomic E-state index is -0.413. The number of rotatable bonds is 3. The van der Waals surface area contributed by atoms with Crippen LogP contribution in [0, 0.1) is 11.7 Å². The van der Waals surface area contributed by atoms with Crippen molar-refractivity contribution < 1.29 is 23.5 Å². The Hall–Kier alpha value is -1.99. The molecule has 3 aliphatic rings. The third-order valence-electron chi connectivity index (χ3n) is 5.86. The molecule has 0 aliphatic carbocycles. The predicted octanol–water partition coefficient (Wildman–Crippen LogP) is 1.58. The van der Waals surface area contributed by atoms with E-state index in [-0.39, 0.29) is 30.2 Å². The van der Waals surface area contributed by atoms with Crippen molar-refractivity contribution in [3.05, 3.63) is 35.6 Å². The molecular formula is C20H25FN2O4. The zero-order valence-corrected chi connectivity index (χ0v) is 15.4. The van der Waals surface area contributed by atoms with Crippen LogP contribution in [0.25, 0.3) is 0 Å². The molecule has 0 radical (unpaired) electrons. The van der Waals surface area contributed by atoms with Gasteiger partial charge >= 0.3 is 0 Å². The number of halogens is 1. The third-order valence-corrected chi connectivity index (χ3v) is 5.86. The van der Waals surface area contributed by atoms with E-state index >= 15 is 0 Å². The quantitative estimate of drug-likeness (QED) is 0.804. The van der Waals surface area contributed by atoms with Gasteiger partial charge in [0.1, 0.15) is 12.4 Å². The van der Waals surface area contributed by atoms with Crippen molar-refractivity contribution in [1.82, 2.24) is 9.80 Å². The Morgan fingerprint density at radius 2 is 2.11 bits per heavy atom. The van der Waals surface area contributed by atoms with Gasteiger partial charge in [0.15, 0.2) is 0 Å². The van der Waals surface area contributed by atoms with Crippen LogP contribution in [0.2, 0.25) is 0 Å². The lowest BCUT2D eigenvalue weighted by molar-refractivity contribution is -0.175. The monoisotopic (exact) mass is 376 g/mol. The Kier molecular flexibility index (Phi) is 5.14. The van der Waals surface area contributed by atoms with Crippen LogP contribution in [0.4, 0.5) is 4.39 Å². The molecule has 0 saturated carbocycles. The molecule has 0 bridgehead atoms. The lowest BCUT2D eigenvalue weighted by Crippen LogP contribution is -2.59. The van der Waals surface area contributed by atoms with Crippen molar-refractivity contribution in [1.29, 1.82) is 0 Å². The van der Waals surface area contributed by atoms with Gasteiger partial charge in [-0.05, 0) is 37.0 Å². The summed E-state index contributed by atoms with van der Waals surface area (Å²) in [5, 5.41) is 0. The molecule has 7 heteroatoms. The summed E-state index contributed by atoms with van der Waals surface area (Å²) in [5.74, 6) is -0.222. The molecule has 3 aliphatic heterocycles. The molecule has 1 aromatic carbocycles. The lowest BCUT2D eigenvalue weighted by Gasteiger charge is -2.47. The average molecular weight is 376 g/mol. The molecular weight excluding hydrogens is 351 g/mol. The molecule has 4 rings (SSSR count). The van der Waals surface area contributed by atoms with Crippen molar-refractivity contribution in [2.24, 2.45) is 5.92 Å². The minimum Gasteiger partial charge on any atom is -0.381 e. The summed E-state index contributed by atoms with van der Waals surface area (Å²) in [4.78, 5) is 28.5. The zero-order chi connectivity index (χ0) is 18.9. The molecule has 6 nitrogen and oxygen atoms in total. The van der Waals surface area contributed by atoms with E-state index in [1.807, 2.05) is 11.0 Å². The van der Waals surface area contributed by atoms with Gasteiger partial charge in [0, 0.05) is 26.2 Å². The number of morpholine rings is 1. The van der Waals surface area contributed by atoms with Crippen LogP contribution in [0.15, 0.2) is 24.3 Å². The standard InChI is InChI=1S/C20H25FN2O4/c21-17-3-1-2-15(10-17)11-23-14-20(27-13-18(23)24)5-7-22(8-6-20)19(25)16-4-9-26-12-16/h1-3,10,16H,4-9,11-14H2. The fraction of sp³-hybridized carbons (Fsp3) is 0.600. The second-order valence-corrected chi connectivity index (χ2v) is 7.74. The van der Waals surface area contributed by atoms with Gasteiger partial charge in [-0.3, -0.25) is 9.59 Å². The van der Waals surface area contributed by atoms with E-state index in [1.165, 1.54) is 12.1 Å². The van der Waals surface area contributed by atoms with Gasteiger partial charge in [-0.25, -0.2) is 4.39 Å². The summed E-state index contributed by atoms with van der Waals surface area (Å²) < 4.78 is 24.7. The smallest absolute Gasteiger partial charge is 0.248 e. The fourth-order valence-electron chi connectivity index (χ4n) is 4.21. The van der Waals surface area contributed by atoms with Gasteiger partial charge in [-0.15, -0.1) is 0 Å². The van der Waals surface area contributed by atoms with Crippen molar-refractivity contribution >= 4 is 11.8 Å². The first kappa shape index (κ1) is 18.4.